The van der Waals surface area contributed by atoms with Gasteiger partial charge >= 0.3 is 0 Å². The van der Waals surface area contributed by atoms with E-state index in [-0.39, 0.29) is 9.76 Å². The minimum atomic E-state index is 0.00849. The van der Waals surface area contributed by atoms with Gasteiger partial charge in [0.05, 0.1) is 0 Å². The maximum Gasteiger partial charge on any atom is 0.161 e. The van der Waals surface area contributed by atoms with Crippen LogP contribution in [-0.2, 0) is 4.43 Å². The zero-order valence-electron chi connectivity index (χ0n) is 17.5. The van der Waals surface area contributed by atoms with Gasteiger partial charge in [-0.2, -0.15) is 0 Å². The molecule has 0 bridgehead atoms. The minimum Gasteiger partial charge on any atom is -0.424 e. The van der Waals surface area contributed by atoms with Gasteiger partial charge in [0.25, 0.3) is 0 Å². The predicted molar refractivity (Wildman–Crippen MR) is 132 cm³/mol. The second kappa shape index (κ2) is 13.3. The van der Waals surface area contributed by atoms with Crippen molar-refractivity contribution in [3.8, 4) is 22.3 Å². The molecule has 0 unspecified atom stereocenters. The smallest absolute Gasteiger partial charge is 0.161 e. The first kappa shape index (κ1) is 21.8. The van der Waals surface area contributed by atoms with Crippen LogP contribution < -0.4 is 0 Å². The number of hydrogen-bond acceptors (Lipinski definition) is 1. The lowest BCUT2D eigenvalue weighted by Crippen LogP contribution is -2.06. The van der Waals surface area contributed by atoms with Crippen LogP contribution in [0.4, 0.5) is 0 Å². The average molecular weight is 411 g/mol. The minimum absolute atomic E-state index is 0.00849. The lowest BCUT2D eigenvalue weighted by Gasteiger charge is -2.07. The highest BCUT2D eigenvalue weighted by atomic mass is 28.2. The van der Waals surface area contributed by atoms with Crippen LogP contribution in [0.25, 0.3) is 22.3 Å². The maximum atomic E-state index is 5.21. The molecular formula is C28H30OSi. The monoisotopic (exact) mass is 410 g/mol. The third kappa shape index (κ3) is 7.82. The Hall–Kier alpha value is -2.94. The van der Waals surface area contributed by atoms with Crippen LogP contribution in [0.1, 0.15) is 12.8 Å². The van der Waals surface area contributed by atoms with E-state index >= 15 is 0 Å². The molecule has 1 fully saturated rings. The lowest BCUT2D eigenvalue weighted by atomic mass is 10.1. The molecule has 152 valence electrons. The van der Waals surface area contributed by atoms with Crippen molar-refractivity contribution in [2.24, 2.45) is 0 Å². The third-order valence-corrected chi connectivity index (χ3v) is 6.21. The highest BCUT2D eigenvalue weighted by Crippen LogP contribution is 2.18. The Bertz CT molecular complexity index is 760. The molecule has 5 rings (SSSR count). The van der Waals surface area contributed by atoms with E-state index in [2.05, 4.69) is 97.1 Å². The van der Waals surface area contributed by atoms with Gasteiger partial charge in [0.1, 0.15) is 0 Å². The van der Waals surface area contributed by atoms with E-state index in [9.17, 15) is 0 Å². The fourth-order valence-corrected chi connectivity index (χ4v) is 4.38. The van der Waals surface area contributed by atoms with Gasteiger partial charge in [-0.25, -0.2) is 0 Å². The van der Waals surface area contributed by atoms with Crippen molar-refractivity contribution in [3.05, 3.63) is 121 Å². The number of rotatable bonds is 2. The molecule has 30 heavy (non-hydrogen) atoms. The lowest BCUT2D eigenvalue weighted by molar-refractivity contribution is 0.304. The van der Waals surface area contributed by atoms with E-state index in [1.165, 1.54) is 41.1 Å². The summed E-state index contributed by atoms with van der Waals surface area (Å²) in [6.45, 7) is 1.06. The Morgan fingerprint density at radius 1 is 0.433 bits per heavy atom. The van der Waals surface area contributed by atoms with Gasteiger partial charge in [-0.15, -0.1) is 0 Å². The molecule has 1 aliphatic rings. The molecule has 4 aromatic rings. The van der Waals surface area contributed by atoms with Crippen LogP contribution in [0.2, 0.25) is 6.04 Å². The Morgan fingerprint density at radius 3 is 0.933 bits per heavy atom. The van der Waals surface area contributed by atoms with Gasteiger partial charge in [-0.3, -0.25) is 0 Å². The van der Waals surface area contributed by atoms with Gasteiger partial charge in [0.15, 0.2) is 9.76 Å². The van der Waals surface area contributed by atoms with Crippen LogP contribution in [0.3, 0.4) is 0 Å². The molecule has 0 aromatic heterocycles. The zero-order chi connectivity index (χ0) is 20.7. The summed E-state index contributed by atoms with van der Waals surface area (Å²) in [4.78, 5) is 0. The first-order chi connectivity index (χ1) is 14.9. The summed E-state index contributed by atoms with van der Waals surface area (Å²) in [5.41, 5.74) is 5.10. The van der Waals surface area contributed by atoms with Crippen molar-refractivity contribution >= 4 is 9.76 Å². The first-order valence-electron chi connectivity index (χ1n) is 10.7. The molecule has 0 amide bonds. The Morgan fingerprint density at radius 2 is 0.767 bits per heavy atom. The van der Waals surface area contributed by atoms with Crippen LogP contribution in [0.15, 0.2) is 121 Å². The van der Waals surface area contributed by atoms with E-state index in [4.69, 9.17) is 4.43 Å². The molecule has 0 atom stereocenters. The molecule has 1 heterocycles. The topological polar surface area (TPSA) is 9.23 Å². The SMILES string of the molecule is C1CC[SiH2]OC1.c1ccc(-c2ccccc2)cc1.c1ccc(-c2ccccc2)cc1. The van der Waals surface area contributed by atoms with E-state index in [0.29, 0.717) is 0 Å². The fourth-order valence-electron chi connectivity index (χ4n) is 3.21. The van der Waals surface area contributed by atoms with Crippen molar-refractivity contribution in [1.29, 1.82) is 0 Å². The second-order valence-electron chi connectivity index (χ2n) is 7.14. The molecule has 0 saturated carbocycles. The van der Waals surface area contributed by atoms with Crippen LogP contribution in [0.5, 0.6) is 0 Å². The molecule has 0 radical (unpaired) electrons. The molecule has 0 spiro atoms. The third-order valence-electron chi connectivity index (χ3n) is 4.84. The van der Waals surface area contributed by atoms with Crippen LogP contribution in [0, 0.1) is 0 Å². The predicted octanol–water partition coefficient (Wildman–Crippen LogP) is 7.01. The second-order valence-corrected chi connectivity index (χ2v) is 8.66. The molecule has 2 heteroatoms. The van der Waals surface area contributed by atoms with Gasteiger partial charge in [0, 0.05) is 6.61 Å². The van der Waals surface area contributed by atoms with Crippen LogP contribution in [-0.4, -0.2) is 16.4 Å². The van der Waals surface area contributed by atoms with Crippen molar-refractivity contribution in [2.45, 2.75) is 18.9 Å². The van der Waals surface area contributed by atoms with Gasteiger partial charge in [-0.1, -0.05) is 128 Å². The van der Waals surface area contributed by atoms with Gasteiger partial charge in [0.2, 0.25) is 0 Å². The fraction of sp³-hybridized carbons (Fsp3) is 0.143. The van der Waals surface area contributed by atoms with Crippen LogP contribution >= 0.6 is 0 Å². The van der Waals surface area contributed by atoms with E-state index in [1.54, 1.807) is 0 Å². The quantitative estimate of drug-likeness (QED) is 0.323. The number of hydrogen-bond donors (Lipinski definition) is 0. The molecule has 1 saturated heterocycles. The normalized spacial score (nSPS) is 13.3. The summed E-state index contributed by atoms with van der Waals surface area (Å²) >= 11 is 0. The summed E-state index contributed by atoms with van der Waals surface area (Å²) in [6, 6.07) is 43.0. The number of benzene rings is 4. The maximum absolute atomic E-state index is 5.21. The first-order valence-corrected chi connectivity index (χ1v) is 12.3. The zero-order valence-corrected chi connectivity index (χ0v) is 18.9. The summed E-state index contributed by atoms with van der Waals surface area (Å²) in [7, 11) is 0.00849. The molecule has 4 aromatic carbocycles. The Balaban J connectivity index is 0.000000136. The summed E-state index contributed by atoms with van der Waals surface area (Å²) < 4.78 is 5.21. The highest BCUT2D eigenvalue weighted by molar-refractivity contribution is 6.27. The average Bonchev–Trinajstić information content (AvgIpc) is 2.88. The highest BCUT2D eigenvalue weighted by Gasteiger charge is 1.96. The van der Waals surface area contributed by atoms with E-state index < -0.39 is 0 Å². The van der Waals surface area contributed by atoms with Crippen molar-refractivity contribution in [3.63, 3.8) is 0 Å². The summed E-state index contributed by atoms with van der Waals surface area (Å²) in [5.74, 6) is 0. The standard InChI is InChI=1S/2C12H10.C4H10OSi/c2*1-3-7-11(8-4-1)12-9-5-2-6-10-12;1-2-4-6-5-3-1/h2*1-10H;1-4,6H2. The molecule has 0 N–H and O–H groups in total. The summed E-state index contributed by atoms with van der Waals surface area (Å²) in [5, 5.41) is 0. The largest absolute Gasteiger partial charge is 0.424 e. The van der Waals surface area contributed by atoms with Crippen molar-refractivity contribution in [1.82, 2.24) is 0 Å². The molecule has 1 aliphatic heterocycles. The molecule has 1 nitrogen and oxygen atoms in total. The molecule has 0 aliphatic carbocycles. The van der Waals surface area contributed by atoms with Crippen molar-refractivity contribution in [2.75, 3.05) is 6.61 Å². The van der Waals surface area contributed by atoms with Gasteiger partial charge in [-0.05, 0) is 34.7 Å². The Labute approximate surface area is 183 Å². The van der Waals surface area contributed by atoms with E-state index in [1.807, 2.05) is 24.3 Å². The van der Waals surface area contributed by atoms with Gasteiger partial charge < -0.3 is 4.43 Å². The van der Waals surface area contributed by atoms with Crippen molar-refractivity contribution < 1.29 is 4.43 Å². The molecular weight excluding hydrogens is 380 g/mol. The Kier molecular flexibility index (Phi) is 9.65. The van der Waals surface area contributed by atoms with E-state index in [0.717, 1.165) is 6.61 Å². The summed E-state index contributed by atoms with van der Waals surface area (Å²) in [6.07, 6.45) is 2.75.